The number of aromatic hydroxyl groups is 1. The molecule has 41 nitrogen and oxygen atoms in total. The SMILES string of the molecule is CC(C)C[C@H](NC(=O)CNC(=O)[C@@H](N)CCCCN)C(=O)N[C@H](C(=O)N[C@@H](C)C(=O)N[C@@H](CO)C(=O)N[C@@H](Cc1ccc(O)cc1)C(=O)N[C@@H](CCC(N)=O)C(=O)N[C@H](C(=O)NCC(=O)N[C@@H](CCC(N)=O)C(=O)N[C@@H](CC(=O)O)C(=O)N[C@@H](CC(C)C)C(=O)N[C@H](C(=O)N[C@H](C(=O)O)C(C)C)[C@@H](C)O)C(C)C)C(C)C. The molecule has 1 aromatic carbocycles. The summed E-state index contributed by atoms with van der Waals surface area (Å²) < 4.78 is 0. The van der Waals surface area contributed by atoms with Crippen LogP contribution in [0.5, 0.6) is 5.75 Å². The summed E-state index contributed by atoms with van der Waals surface area (Å²) in [6.45, 7) is 16.0. The van der Waals surface area contributed by atoms with Crippen LogP contribution >= 0.6 is 0 Å². The second-order valence-electron chi connectivity index (χ2n) is 28.8. The number of aliphatic hydroxyl groups excluding tert-OH is 2. The number of unbranched alkanes of at least 4 members (excludes halogenated alkanes) is 1. The fourth-order valence-electron chi connectivity index (χ4n) is 10.6. The predicted octanol–water partition coefficient (Wildman–Crippen LogP) is -7.02. The minimum Gasteiger partial charge on any atom is -0.508 e. The first-order chi connectivity index (χ1) is 51.7. The number of aliphatic hydroxyl groups is 2. The van der Waals surface area contributed by atoms with Crippen molar-refractivity contribution in [2.45, 2.75) is 238 Å². The molecule has 14 atom stereocenters. The number of hydrogen-bond donors (Lipinski definition) is 23. The van der Waals surface area contributed by atoms with E-state index in [9.17, 15) is 112 Å². The molecule has 0 fully saturated rings. The Balaban J connectivity index is 3.45. The van der Waals surface area contributed by atoms with E-state index in [0.717, 1.165) is 6.92 Å². The van der Waals surface area contributed by atoms with E-state index >= 15 is 0 Å². The van der Waals surface area contributed by atoms with Gasteiger partial charge in [0.05, 0.1) is 38.3 Å². The van der Waals surface area contributed by atoms with Crippen LogP contribution in [0.15, 0.2) is 24.3 Å². The number of carboxylic acids is 2. The molecule has 1 rings (SSSR count). The van der Waals surface area contributed by atoms with Gasteiger partial charge in [0.1, 0.15) is 78.3 Å². The van der Waals surface area contributed by atoms with E-state index in [-0.39, 0.29) is 30.1 Å². The van der Waals surface area contributed by atoms with E-state index in [1.807, 2.05) is 0 Å². The molecule has 41 heteroatoms. The van der Waals surface area contributed by atoms with Crippen LogP contribution in [-0.4, -0.2) is 243 Å². The molecular weight excluding hydrogens is 1460 g/mol. The number of primary amides is 2. The number of carboxylic acid groups (broad SMARTS) is 2. The number of nitrogens with two attached hydrogens (primary N) is 4. The molecule has 0 heterocycles. The number of benzene rings is 1. The molecule has 1 aromatic rings. The average molecular weight is 1580 g/mol. The lowest BCUT2D eigenvalue weighted by Crippen LogP contribution is -2.61. The van der Waals surface area contributed by atoms with Crippen LogP contribution in [0.2, 0.25) is 0 Å². The van der Waals surface area contributed by atoms with Crippen molar-refractivity contribution in [3.63, 3.8) is 0 Å². The number of phenols is 1. The normalized spacial score (nSPS) is 15.0. The lowest BCUT2D eigenvalue weighted by atomic mass is 9.99. The first kappa shape index (κ1) is 98.3. The van der Waals surface area contributed by atoms with Crippen molar-refractivity contribution >= 4 is 106 Å². The molecule has 0 aliphatic carbocycles. The summed E-state index contributed by atoms with van der Waals surface area (Å²) in [4.78, 5) is 240. The monoisotopic (exact) mass is 1580 g/mol. The number of phenolic OH excluding ortho intramolecular Hbond substituents is 1. The third-order valence-corrected chi connectivity index (χ3v) is 16.9. The van der Waals surface area contributed by atoms with Gasteiger partial charge in [-0.1, -0.05) is 87.8 Å². The first-order valence-electron chi connectivity index (χ1n) is 36.4. The van der Waals surface area contributed by atoms with Gasteiger partial charge in [-0.3, -0.25) is 81.5 Å². The highest BCUT2D eigenvalue weighted by Crippen LogP contribution is 2.16. The maximum atomic E-state index is 14.4. The number of carbonyl (C=O) groups excluding carboxylic acids is 16. The number of aliphatic carboxylic acids is 2. The molecule has 624 valence electrons. The molecule has 0 saturated carbocycles. The van der Waals surface area contributed by atoms with Gasteiger partial charge in [0.25, 0.3) is 0 Å². The maximum Gasteiger partial charge on any atom is 0.326 e. The minimum absolute atomic E-state index is 0.102. The van der Waals surface area contributed by atoms with Crippen molar-refractivity contribution in [3.8, 4) is 5.75 Å². The quantitative estimate of drug-likeness (QED) is 0.0270. The average Bonchev–Trinajstić information content (AvgIpc) is 0.848. The molecule has 0 spiro atoms. The molecule has 16 amide bonds. The van der Waals surface area contributed by atoms with Crippen LogP contribution in [0.4, 0.5) is 0 Å². The van der Waals surface area contributed by atoms with E-state index in [4.69, 9.17) is 22.9 Å². The lowest BCUT2D eigenvalue weighted by Gasteiger charge is -2.28. The summed E-state index contributed by atoms with van der Waals surface area (Å²) in [5, 5.41) is 83.5. The zero-order chi connectivity index (χ0) is 84.9. The Morgan fingerprint density at radius 2 is 0.784 bits per heavy atom. The number of nitrogens with one attached hydrogen (secondary N) is 14. The Hall–Kier alpha value is -10.7. The molecule has 0 bridgehead atoms. The molecule has 0 aliphatic heterocycles. The number of carbonyl (C=O) groups is 18. The lowest BCUT2D eigenvalue weighted by molar-refractivity contribution is -0.144. The largest absolute Gasteiger partial charge is 0.508 e. The second kappa shape index (κ2) is 49.5. The van der Waals surface area contributed by atoms with Crippen molar-refractivity contribution in [1.82, 2.24) is 74.4 Å². The van der Waals surface area contributed by atoms with Gasteiger partial charge >= 0.3 is 11.9 Å². The van der Waals surface area contributed by atoms with Crippen LogP contribution in [0.25, 0.3) is 0 Å². The Morgan fingerprint density at radius 3 is 1.24 bits per heavy atom. The summed E-state index contributed by atoms with van der Waals surface area (Å²) in [7, 11) is 0. The van der Waals surface area contributed by atoms with Crippen molar-refractivity contribution in [2.24, 2.45) is 52.5 Å². The van der Waals surface area contributed by atoms with Gasteiger partial charge in [-0.05, 0) is 106 Å². The predicted molar refractivity (Wildman–Crippen MR) is 396 cm³/mol. The zero-order valence-electron chi connectivity index (χ0n) is 64.8. The molecule has 0 aliphatic rings. The number of rotatable bonds is 52. The topological polar surface area (TPSA) is 681 Å². The van der Waals surface area contributed by atoms with E-state index < -0.39 is 273 Å². The third kappa shape index (κ3) is 37.5. The molecule has 0 aromatic heterocycles. The van der Waals surface area contributed by atoms with Gasteiger partial charge in [-0.25, -0.2) is 4.79 Å². The van der Waals surface area contributed by atoms with E-state index in [1.165, 1.54) is 58.9 Å². The second-order valence-corrected chi connectivity index (χ2v) is 28.8. The highest BCUT2D eigenvalue weighted by molar-refractivity contribution is 6.01. The van der Waals surface area contributed by atoms with Crippen LogP contribution in [0.1, 0.15) is 153 Å². The zero-order valence-corrected chi connectivity index (χ0v) is 64.8. The van der Waals surface area contributed by atoms with Crippen LogP contribution in [0.3, 0.4) is 0 Å². The summed E-state index contributed by atoms with van der Waals surface area (Å²) in [6.07, 6.45) is -3.98. The maximum absolute atomic E-state index is 14.4. The molecule has 0 saturated heterocycles. The van der Waals surface area contributed by atoms with Crippen molar-refractivity contribution in [3.05, 3.63) is 29.8 Å². The van der Waals surface area contributed by atoms with Gasteiger partial charge in [0, 0.05) is 19.3 Å². The van der Waals surface area contributed by atoms with Crippen molar-refractivity contribution < 1.29 is 112 Å². The molecule has 0 unspecified atom stereocenters. The van der Waals surface area contributed by atoms with Crippen molar-refractivity contribution in [2.75, 3.05) is 26.2 Å². The van der Waals surface area contributed by atoms with Gasteiger partial charge in [-0.2, -0.15) is 0 Å². The molecule has 0 radical (unpaired) electrons. The Morgan fingerprint density at radius 1 is 0.405 bits per heavy atom. The molecular formula is C70H116N18O23. The first-order valence-corrected chi connectivity index (χ1v) is 36.4. The Bertz CT molecular complexity index is 3370. The fraction of sp³-hybridized carbons (Fsp3) is 0.657. The van der Waals surface area contributed by atoms with E-state index in [2.05, 4.69) is 74.4 Å². The van der Waals surface area contributed by atoms with Gasteiger partial charge < -0.3 is 123 Å². The third-order valence-electron chi connectivity index (χ3n) is 16.9. The van der Waals surface area contributed by atoms with Gasteiger partial charge in [0.15, 0.2) is 0 Å². The summed E-state index contributed by atoms with van der Waals surface area (Å²) >= 11 is 0. The minimum atomic E-state index is -2.02. The fourth-order valence-corrected chi connectivity index (χ4v) is 10.6. The highest BCUT2D eigenvalue weighted by atomic mass is 16.4. The van der Waals surface area contributed by atoms with Crippen LogP contribution < -0.4 is 97.4 Å². The van der Waals surface area contributed by atoms with Crippen LogP contribution in [0, 0.1) is 29.6 Å². The van der Waals surface area contributed by atoms with Crippen LogP contribution in [-0.2, 0) is 92.7 Å². The molecule has 111 heavy (non-hydrogen) atoms. The van der Waals surface area contributed by atoms with Crippen molar-refractivity contribution in [1.29, 1.82) is 0 Å². The van der Waals surface area contributed by atoms with Gasteiger partial charge in [-0.15, -0.1) is 0 Å². The number of hydrogen-bond acceptors (Lipinski definition) is 23. The number of amides is 16. The Kier molecular flexibility index (Phi) is 43.8. The summed E-state index contributed by atoms with van der Waals surface area (Å²) in [5.74, 6) is -22.3. The standard InChI is InChI=1S/C70H116N18O23/c1-32(2)25-44(79-52(95)29-75-59(99)41(72)15-13-14-24-71)64(104)86-55(35(7)8)68(108)77-37(11)58(98)84-48(31-89)66(106)82-46(27-39-16-18-40(91)19-17-39)62(102)80-43(21-23-50(74)93)61(101)85-54(34(5)6)67(107)76-30-51(94)78-42(20-22-49(73)92)60(100)83-47(28-53(96)97)63(103)81-45(26-33(3)4)65(105)88-57(38(12)90)69(109)87-56(36(9)10)70(110)111/h16-19,32-38,41-48,54-57,89-91H,13-15,20-31,71-72H2,1-12H3,(H2,73,92)(H2,74,93)(H,75,99)(H,76,107)(H,77,108)(H,78,94)(H,79,95)(H,80,102)(H,81,103)(H,82,106)(H,83,100)(H,84,98)(H,85,101)(H,86,104)(H,87,109)(H,88,105)(H,96,97)(H,110,111)/t37-,38+,41-,42-,43-,44-,45-,46-,47-,48-,54-,55-,56-,57-/m0/s1. The smallest absolute Gasteiger partial charge is 0.326 e. The molecule has 27 N–H and O–H groups in total. The van der Waals surface area contributed by atoms with E-state index in [0.29, 0.717) is 25.8 Å². The van der Waals surface area contributed by atoms with E-state index in [1.54, 1.807) is 41.5 Å². The Labute approximate surface area is 643 Å². The van der Waals surface area contributed by atoms with Gasteiger partial charge in [0.2, 0.25) is 94.5 Å². The summed E-state index contributed by atoms with van der Waals surface area (Å²) in [5.41, 5.74) is 22.5. The summed E-state index contributed by atoms with van der Waals surface area (Å²) in [6, 6.07) is -15.2. The highest BCUT2D eigenvalue weighted by Gasteiger charge is 2.39.